The lowest BCUT2D eigenvalue weighted by Gasteiger charge is -2.35. The van der Waals surface area contributed by atoms with Crippen molar-refractivity contribution in [3.05, 3.63) is 29.8 Å². The summed E-state index contributed by atoms with van der Waals surface area (Å²) in [5.74, 6) is 0.954. The van der Waals surface area contributed by atoms with Crippen LogP contribution >= 0.6 is 0 Å². The Labute approximate surface area is 105 Å². The summed E-state index contributed by atoms with van der Waals surface area (Å²) < 4.78 is 0. The molecule has 0 radical (unpaired) electrons. The third-order valence-corrected chi connectivity index (χ3v) is 4.41. The van der Waals surface area contributed by atoms with E-state index < -0.39 is 0 Å². The van der Waals surface area contributed by atoms with Crippen LogP contribution < -0.4 is 4.90 Å². The van der Waals surface area contributed by atoms with Crippen molar-refractivity contribution in [3.63, 3.8) is 0 Å². The average molecular weight is 229 g/mol. The van der Waals surface area contributed by atoms with Crippen molar-refractivity contribution in [2.75, 3.05) is 18.0 Å². The van der Waals surface area contributed by atoms with Crippen LogP contribution in [0.25, 0.3) is 0 Å². The van der Waals surface area contributed by atoms with Crippen LogP contribution in [0.2, 0.25) is 0 Å². The summed E-state index contributed by atoms with van der Waals surface area (Å²) in [6, 6.07) is 9.00. The molecule has 1 fully saturated rings. The van der Waals surface area contributed by atoms with Gasteiger partial charge in [0.2, 0.25) is 0 Å². The Balaban J connectivity index is 1.71. The van der Waals surface area contributed by atoms with Crippen molar-refractivity contribution in [2.45, 2.75) is 44.9 Å². The molecule has 0 bridgehead atoms. The fraction of sp³-hybridized carbons (Fsp3) is 0.625. The van der Waals surface area contributed by atoms with Gasteiger partial charge >= 0.3 is 0 Å². The number of fused-ring (bicyclic) bond motifs is 1. The Morgan fingerprint density at radius 1 is 1.00 bits per heavy atom. The summed E-state index contributed by atoms with van der Waals surface area (Å²) in [6.07, 6.45) is 9.91. The molecule has 92 valence electrons. The largest absolute Gasteiger partial charge is 0.371 e. The van der Waals surface area contributed by atoms with Crippen molar-refractivity contribution in [2.24, 2.45) is 5.92 Å². The summed E-state index contributed by atoms with van der Waals surface area (Å²) in [7, 11) is 0. The Morgan fingerprint density at radius 3 is 2.71 bits per heavy atom. The number of nitrogens with zero attached hydrogens (tertiary/aromatic N) is 1. The summed E-state index contributed by atoms with van der Waals surface area (Å²) in [5, 5.41) is 0. The molecule has 0 N–H and O–H groups in total. The van der Waals surface area contributed by atoms with Crippen LogP contribution in [0, 0.1) is 5.92 Å². The van der Waals surface area contributed by atoms with Crippen molar-refractivity contribution >= 4 is 5.69 Å². The molecule has 3 rings (SSSR count). The molecule has 0 amide bonds. The van der Waals surface area contributed by atoms with Gasteiger partial charge in [0.05, 0.1) is 0 Å². The van der Waals surface area contributed by atoms with Crippen molar-refractivity contribution < 1.29 is 0 Å². The Kier molecular flexibility index (Phi) is 3.35. The molecule has 1 aliphatic heterocycles. The quantitative estimate of drug-likeness (QED) is 0.740. The van der Waals surface area contributed by atoms with Gasteiger partial charge in [-0.05, 0) is 43.2 Å². The minimum Gasteiger partial charge on any atom is -0.371 e. The minimum atomic E-state index is 0.954. The lowest BCUT2D eigenvalue weighted by molar-refractivity contribution is 0.356. The lowest BCUT2D eigenvalue weighted by atomic mass is 9.88. The highest BCUT2D eigenvalue weighted by molar-refractivity contribution is 5.55. The molecular formula is C16H23N. The number of aryl methyl sites for hydroxylation is 1. The molecule has 0 atom stereocenters. The molecule has 1 aromatic carbocycles. The molecule has 1 aromatic rings. The van der Waals surface area contributed by atoms with Crippen LogP contribution in [-0.2, 0) is 6.42 Å². The summed E-state index contributed by atoms with van der Waals surface area (Å²) >= 11 is 0. The molecule has 1 heterocycles. The molecule has 0 unspecified atom stereocenters. The summed E-state index contributed by atoms with van der Waals surface area (Å²) in [4.78, 5) is 2.65. The Morgan fingerprint density at radius 2 is 1.82 bits per heavy atom. The van der Waals surface area contributed by atoms with Crippen molar-refractivity contribution in [1.82, 2.24) is 0 Å². The number of hydrogen-bond acceptors (Lipinski definition) is 1. The third kappa shape index (κ3) is 2.48. The lowest BCUT2D eigenvalue weighted by Crippen LogP contribution is -2.34. The average Bonchev–Trinajstić information content (AvgIpc) is 2.40. The topological polar surface area (TPSA) is 3.24 Å². The fourth-order valence-electron chi connectivity index (χ4n) is 3.48. The van der Waals surface area contributed by atoms with E-state index >= 15 is 0 Å². The van der Waals surface area contributed by atoms with Gasteiger partial charge in [-0.2, -0.15) is 0 Å². The van der Waals surface area contributed by atoms with E-state index in [0.717, 1.165) is 5.92 Å². The minimum absolute atomic E-state index is 0.954. The molecule has 0 aromatic heterocycles. The molecule has 2 aliphatic rings. The van der Waals surface area contributed by atoms with Gasteiger partial charge in [-0.15, -0.1) is 0 Å². The smallest absolute Gasteiger partial charge is 0.0398 e. The van der Waals surface area contributed by atoms with E-state index in [9.17, 15) is 0 Å². The van der Waals surface area contributed by atoms with Crippen LogP contribution in [0.3, 0.4) is 0 Å². The zero-order valence-electron chi connectivity index (χ0n) is 10.7. The first-order valence-corrected chi connectivity index (χ1v) is 7.26. The number of para-hydroxylation sites is 1. The predicted octanol–water partition coefficient (Wildman–Crippen LogP) is 4.02. The van der Waals surface area contributed by atoms with Gasteiger partial charge in [0.15, 0.2) is 0 Å². The van der Waals surface area contributed by atoms with E-state index in [2.05, 4.69) is 29.2 Å². The van der Waals surface area contributed by atoms with Crippen LogP contribution in [0.4, 0.5) is 5.69 Å². The summed E-state index contributed by atoms with van der Waals surface area (Å²) in [6.45, 7) is 2.57. The molecule has 1 saturated carbocycles. The number of rotatable bonds is 2. The highest BCUT2D eigenvalue weighted by Crippen LogP contribution is 2.30. The first kappa shape index (κ1) is 11.1. The van der Waals surface area contributed by atoms with Crippen LogP contribution in [0.1, 0.15) is 44.1 Å². The standard InChI is InChI=1S/C16H23N/c1-2-7-14(8-3-1)13-17-12-6-10-15-9-4-5-11-16(15)17/h4-5,9,11,14H,1-3,6-8,10,12-13H2. The zero-order chi connectivity index (χ0) is 11.5. The van der Waals surface area contributed by atoms with E-state index in [1.807, 2.05) is 0 Å². The molecule has 1 aliphatic carbocycles. The fourth-order valence-corrected chi connectivity index (χ4v) is 3.48. The maximum absolute atomic E-state index is 2.65. The van der Waals surface area contributed by atoms with Crippen LogP contribution in [0.15, 0.2) is 24.3 Å². The normalized spacial score (nSPS) is 21.3. The second kappa shape index (κ2) is 5.12. The van der Waals surface area contributed by atoms with Gasteiger partial charge in [0.1, 0.15) is 0 Å². The van der Waals surface area contributed by atoms with Crippen molar-refractivity contribution in [3.8, 4) is 0 Å². The predicted molar refractivity (Wildman–Crippen MR) is 73.6 cm³/mol. The van der Waals surface area contributed by atoms with Gasteiger partial charge in [-0.3, -0.25) is 0 Å². The van der Waals surface area contributed by atoms with Crippen LogP contribution in [0.5, 0.6) is 0 Å². The van der Waals surface area contributed by atoms with E-state index in [1.54, 1.807) is 5.56 Å². The van der Waals surface area contributed by atoms with E-state index in [0.29, 0.717) is 0 Å². The SMILES string of the molecule is c1ccc2c(c1)CCCN2CC1CCCCC1. The second-order valence-corrected chi connectivity index (χ2v) is 5.68. The van der Waals surface area contributed by atoms with Gasteiger partial charge in [-0.25, -0.2) is 0 Å². The second-order valence-electron chi connectivity index (χ2n) is 5.68. The van der Waals surface area contributed by atoms with Gasteiger partial charge in [0, 0.05) is 18.8 Å². The highest BCUT2D eigenvalue weighted by atomic mass is 15.1. The first-order chi connectivity index (χ1) is 8.43. The van der Waals surface area contributed by atoms with E-state index in [4.69, 9.17) is 0 Å². The van der Waals surface area contributed by atoms with E-state index in [1.165, 1.54) is 63.7 Å². The Bertz CT molecular complexity index is 366. The van der Waals surface area contributed by atoms with Gasteiger partial charge in [-0.1, -0.05) is 37.5 Å². The maximum atomic E-state index is 2.65. The summed E-state index contributed by atoms with van der Waals surface area (Å²) in [5.41, 5.74) is 3.08. The molecule has 1 nitrogen and oxygen atoms in total. The number of anilines is 1. The number of hydrogen-bond donors (Lipinski definition) is 0. The maximum Gasteiger partial charge on any atom is 0.0398 e. The molecule has 0 spiro atoms. The molecular weight excluding hydrogens is 206 g/mol. The highest BCUT2D eigenvalue weighted by Gasteiger charge is 2.21. The van der Waals surface area contributed by atoms with Crippen molar-refractivity contribution in [1.29, 1.82) is 0 Å². The number of benzene rings is 1. The first-order valence-electron chi connectivity index (χ1n) is 7.26. The van der Waals surface area contributed by atoms with E-state index in [-0.39, 0.29) is 0 Å². The molecule has 1 heteroatoms. The zero-order valence-corrected chi connectivity index (χ0v) is 10.7. The van der Waals surface area contributed by atoms with Gasteiger partial charge in [0.25, 0.3) is 0 Å². The third-order valence-electron chi connectivity index (χ3n) is 4.41. The molecule has 0 saturated heterocycles. The van der Waals surface area contributed by atoms with Gasteiger partial charge < -0.3 is 4.90 Å². The Hall–Kier alpha value is -0.980. The monoisotopic (exact) mass is 229 g/mol. The van der Waals surface area contributed by atoms with Crippen LogP contribution in [-0.4, -0.2) is 13.1 Å². The molecule has 17 heavy (non-hydrogen) atoms.